The van der Waals surface area contributed by atoms with E-state index in [0.29, 0.717) is 5.56 Å². The summed E-state index contributed by atoms with van der Waals surface area (Å²) >= 11 is 0. The third-order valence-corrected chi connectivity index (χ3v) is 6.61. The van der Waals surface area contributed by atoms with Crippen molar-refractivity contribution in [2.45, 2.75) is 6.04 Å². The van der Waals surface area contributed by atoms with E-state index < -0.39 is 0 Å². The van der Waals surface area contributed by atoms with Crippen LogP contribution in [0.5, 0.6) is 0 Å². The van der Waals surface area contributed by atoms with E-state index in [1.807, 2.05) is 89.5 Å². The Morgan fingerprint density at radius 1 is 0.706 bits per heavy atom. The number of hydrogen-bond acceptors (Lipinski definition) is 3. The molecule has 5 heteroatoms. The fourth-order valence-corrected chi connectivity index (χ4v) is 5.17. The lowest BCUT2D eigenvalue weighted by molar-refractivity contribution is 0.681. The molecule has 0 saturated carbocycles. The van der Waals surface area contributed by atoms with Crippen LogP contribution >= 0.6 is 0 Å². The minimum Gasteiger partial charge on any atom is -0.324 e. The Bertz CT molecular complexity index is 1750. The van der Waals surface area contributed by atoms with Crippen LogP contribution in [0.4, 0.5) is 11.6 Å². The summed E-state index contributed by atoms with van der Waals surface area (Å²) in [5.41, 5.74) is 6.14. The van der Waals surface area contributed by atoms with Crippen molar-refractivity contribution >= 4 is 33.6 Å². The summed E-state index contributed by atoms with van der Waals surface area (Å²) in [4.78, 5) is 19.3. The molecule has 2 aromatic heterocycles. The van der Waals surface area contributed by atoms with E-state index in [0.717, 1.165) is 44.8 Å². The maximum atomic E-state index is 14.4. The van der Waals surface area contributed by atoms with Crippen molar-refractivity contribution in [2.24, 2.45) is 0 Å². The molecule has 1 unspecified atom stereocenters. The van der Waals surface area contributed by atoms with Gasteiger partial charge in [0.2, 0.25) is 5.95 Å². The van der Waals surface area contributed by atoms with Crippen molar-refractivity contribution in [3.8, 4) is 5.69 Å². The average Bonchev–Trinajstić information content (AvgIpc) is 3.27. The van der Waals surface area contributed by atoms with Crippen molar-refractivity contribution in [3.05, 3.63) is 131 Å². The number of fused-ring (bicyclic) bond motifs is 6. The average molecular weight is 441 g/mol. The number of benzene rings is 4. The fourth-order valence-electron chi connectivity index (χ4n) is 5.17. The van der Waals surface area contributed by atoms with E-state index >= 15 is 0 Å². The summed E-state index contributed by atoms with van der Waals surface area (Å²) in [6.07, 6.45) is 0. The van der Waals surface area contributed by atoms with Crippen LogP contribution in [0.15, 0.2) is 114 Å². The Morgan fingerprint density at radius 2 is 1.35 bits per heavy atom. The first-order valence-electron chi connectivity index (χ1n) is 11.3. The molecular formula is C29H20N4O. The number of aromatic nitrogens is 3. The first-order valence-corrected chi connectivity index (χ1v) is 11.3. The molecule has 162 valence electrons. The SMILES string of the molecule is O=c1c2c(c3ccccc3n1-c1ccccc1)Nc1nc3ccccc3n1C2c1ccccc1. The molecule has 0 bridgehead atoms. The summed E-state index contributed by atoms with van der Waals surface area (Å²) in [5, 5.41) is 4.52. The van der Waals surface area contributed by atoms with Gasteiger partial charge in [0.05, 0.1) is 33.8 Å². The number of anilines is 2. The lowest BCUT2D eigenvalue weighted by atomic mass is 9.94. The highest BCUT2D eigenvalue weighted by Crippen LogP contribution is 2.43. The Hall–Kier alpha value is -4.64. The number of pyridine rings is 1. The van der Waals surface area contributed by atoms with Gasteiger partial charge >= 0.3 is 0 Å². The van der Waals surface area contributed by atoms with Crippen LogP contribution in [0.2, 0.25) is 0 Å². The Morgan fingerprint density at radius 3 is 2.15 bits per heavy atom. The number of para-hydroxylation sites is 4. The molecule has 4 aromatic carbocycles. The van der Waals surface area contributed by atoms with Gasteiger partial charge in [0, 0.05) is 11.1 Å². The number of nitrogens with one attached hydrogen (secondary N) is 1. The standard InChI is InChI=1S/C29H20N4O/c34-28-25-26(21-15-7-9-17-23(21)32(28)20-13-5-2-6-14-20)31-29-30-22-16-8-10-18-24(22)33(29)27(25)19-11-3-1-4-12-19/h1-18,27H,(H,30,31). The van der Waals surface area contributed by atoms with E-state index in [9.17, 15) is 4.79 Å². The number of nitrogens with zero attached hydrogens (tertiary/aromatic N) is 3. The monoisotopic (exact) mass is 440 g/mol. The molecule has 1 N–H and O–H groups in total. The zero-order chi connectivity index (χ0) is 22.6. The van der Waals surface area contributed by atoms with Gasteiger partial charge in [0.25, 0.3) is 5.56 Å². The summed E-state index contributed by atoms with van der Waals surface area (Å²) in [7, 11) is 0. The molecule has 34 heavy (non-hydrogen) atoms. The van der Waals surface area contributed by atoms with Crippen LogP contribution in [0, 0.1) is 0 Å². The molecule has 1 atom stereocenters. The second-order valence-electron chi connectivity index (χ2n) is 8.51. The summed E-state index contributed by atoms with van der Waals surface area (Å²) in [6, 6.07) is 35.9. The van der Waals surface area contributed by atoms with Gasteiger partial charge in [-0.3, -0.25) is 13.9 Å². The number of rotatable bonds is 2. The van der Waals surface area contributed by atoms with Gasteiger partial charge < -0.3 is 5.32 Å². The smallest absolute Gasteiger partial charge is 0.263 e. The number of hydrogen-bond donors (Lipinski definition) is 1. The predicted molar refractivity (Wildman–Crippen MR) is 136 cm³/mol. The molecule has 1 aliphatic heterocycles. The third kappa shape index (κ3) is 2.61. The van der Waals surface area contributed by atoms with E-state index in [-0.39, 0.29) is 11.6 Å². The maximum absolute atomic E-state index is 14.4. The van der Waals surface area contributed by atoms with Crippen molar-refractivity contribution in [1.82, 2.24) is 14.1 Å². The summed E-state index contributed by atoms with van der Waals surface area (Å²) in [6.45, 7) is 0. The molecule has 0 amide bonds. The van der Waals surface area contributed by atoms with Crippen LogP contribution in [0.25, 0.3) is 27.6 Å². The molecule has 0 radical (unpaired) electrons. The highest BCUT2D eigenvalue weighted by molar-refractivity contribution is 5.97. The highest BCUT2D eigenvalue weighted by atomic mass is 16.1. The second kappa shape index (κ2) is 7.18. The molecule has 0 aliphatic carbocycles. The largest absolute Gasteiger partial charge is 0.324 e. The lowest BCUT2D eigenvalue weighted by Crippen LogP contribution is -2.32. The normalized spacial score (nSPS) is 14.5. The van der Waals surface area contributed by atoms with Gasteiger partial charge in [-0.1, -0.05) is 78.9 Å². The second-order valence-corrected chi connectivity index (χ2v) is 8.51. The summed E-state index contributed by atoms with van der Waals surface area (Å²) in [5.74, 6) is 0.740. The molecule has 7 rings (SSSR count). The quantitative estimate of drug-likeness (QED) is 0.357. The molecule has 6 aromatic rings. The Kier molecular flexibility index (Phi) is 3.99. The van der Waals surface area contributed by atoms with Gasteiger partial charge in [-0.25, -0.2) is 4.98 Å². The molecule has 3 heterocycles. The van der Waals surface area contributed by atoms with E-state index in [2.05, 4.69) is 34.1 Å². The third-order valence-electron chi connectivity index (χ3n) is 6.61. The topological polar surface area (TPSA) is 51.9 Å². The minimum absolute atomic E-state index is 0.0373. The van der Waals surface area contributed by atoms with Crippen molar-refractivity contribution < 1.29 is 0 Å². The van der Waals surface area contributed by atoms with Crippen LogP contribution < -0.4 is 10.9 Å². The minimum atomic E-state index is -0.313. The highest BCUT2D eigenvalue weighted by Gasteiger charge is 2.34. The first-order chi connectivity index (χ1) is 16.8. The first kappa shape index (κ1) is 18.9. The van der Waals surface area contributed by atoms with Crippen LogP contribution in [-0.4, -0.2) is 14.1 Å². The van der Waals surface area contributed by atoms with Crippen LogP contribution in [-0.2, 0) is 0 Å². The fraction of sp³-hybridized carbons (Fsp3) is 0.0345. The van der Waals surface area contributed by atoms with Crippen molar-refractivity contribution in [1.29, 1.82) is 0 Å². The van der Waals surface area contributed by atoms with Gasteiger partial charge in [-0.15, -0.1) is 0 Å². The Labute approximate surface area is 195 Å². The molecule has 0 fully saturated rings. The van der Waals surface area contributed by atoms with Crippen LogP contribution in [0.1, 0.15) is 17.2 Å². The lowest BCUT2D eigenvalue weighted by Gasteiger charge is -2.31. The summed E-state index contributed by atoms with van der Waals surface area (Å²) < 4.78 is 3.98. The molecule has 0 spiro atoms. The zero-order valence-electron chi connectivity index (χ0n) is 18.2. The van der Waals surface area contributed by atoms with Crippen molar-refractivity contribution in [2.75, 3.05) is 5.32 Å². The molecular weight excluding hydrogens is 420 g/mol. The Balaban J connectivity index is 1.65. The van der Waals surface area contributed by atoms with Gasteiger partial charge in [0.15, 0.2) is 0 Å². The van der Waals surface area contributed by atoms with Crippen LogP contribution in [0.3, 0.4) is 0 Å². The van der Waals surface area contributed by atoms with E-state index in [4.69, 9.17) is 4.98 Å². The van der Waals surface area contributed by atoms with Gasteiger partial charge in [-0.2, -0.15) is 0 Å². The molecule has 5 nitrogen and oxygen atoms in total. The van der Waals surface area contributed by atoms with Gasteiger partial charge in [-0.05, 0) is 35.9 Å². The number of imidazole rings is 1. The molecule has 1 aliphatic rings. The maximum Gasteiger partial charge on any atom is 0.263 e. The van der Waals surface area contributed by atoms with E-state index in [1.165, 1.54) is 0 Å². The zero-order valence-corrected chi connectivity index (χ0v) is 18.2. The molecule has 0 saturated heterocycles. The van der Waals surface area contributed by atoms with Crippen molar-refractivity contribution in [3.63, 3.8) is 0 Å². The van der Waals surface area contributed by atoms with E-state index in [1.54, 1.807) is 0 Å². The predicted octanol–water partition coefficient (Wildman–Crippen LogP) is 6.04. The van der Waals surface area contributed by atoms with Gasteiger partial charge in [0.1, 0.15) is 0 Å².